The first-order valence-electron chi connectivity index (χ1n) is 5.34. The van der Waals surface area contributed by atoms with Crippen LogP contribution >= 0.6 is 22.9 Å². The van der Waals surface area contributed by atoms with Gasteiger partial charge in [0.15, 0.2) is 0 Å². The Labute approximate surface area is 113 Å². The van der Waals surface area contributed by atoms with Gasteiger partial charge in [0.1, 0.15) is 5.01 Å². The molecule has 2 aromatic carbocycles. The molecule has 1 heterocycles. The molecule has 90 valence electrons. The van der Waals surface area contributed by atoms with Gasteiger partial charge in [-0.25, -0.2) is 4.98 Å². The fourth-order valence-electron chi connectivity index (χ4n) is 1.82. The zero-order valence-electron chi connectivity index (χ0n) is 9.35. The summed E-state index contributed by atoms with van der Waals surface area (Å²) in [6.07, 6.45) is 0. The zero-order chi connectivity index (χ0) is 12.7. The second-order valence-electron chi connectivity index (χ2n) is 4.02. The van der Waals surface area contributed by atoms with Crippen molar-refractivity contribution in [3.63, 3.8) is 0 Å². The molecule has 3 aromatic rings. The monoisotopic (exact) mass is 275 g/mol. The minimum atomic E-state index is 0.641. The van der Waals surface area contributed by atoms with E-state index in [1.165, 1.54) is 0 Å². The first-order chi connectivity index (χ1) is 8.61. The fourth-order valence-corrected chi connectivity index (χ4v) is 2.92. The van der Waals surface area contributed by atoms with Gasteiger partial charge in [-0.1, -0.05) is 11.6 Å². The van der Waals surface area contributed by atoms with Crippen LogP contribution in [0, 0.1) is 0 Å². The van der Waals surface area contributed by atoms with Crippen molar-refractivity contribution in [1.82, 2.24) is 4.98 Å². The van der Waals surface area contributed by atoms with E-state index in [0.29, 0.717) is 16.4 Å². The van der Waals surface area contributed by atoms with Gasteiger partial charge < -0.3 is 11.5 Å². The lowest BCUT2D eigenvalue weighted by molar-refractivity contribution is 1.48. The number of hydrogen-bond donors (Lipinski definition) is 2. The number of nitrogens with zero attached hydrogens (tertiary/aromatic N) is 1. The number of anilines is 2. The number of benzene rings is 2. The van der Waals surface area contributed by atoms with Crippen LogP contribution in [0.2, 0.25) is 5.02 Å². The number of fused-ring (bicyclic) bond motifs is 1. The van der Waals surface area contributed by atoms with Gasteiger partial charge in [-0.05, 0) is 36.4 Å². The van der Waals surface area contributed by atoms with E-state index in [0.717, 1.165) is 20.8 Å². The van der Waals surface area contributed by atoms with E-state index < -0.39 is 0 Å². The molecule has 0 fully saturated rings. The summed E-state index contributed by atoms with van der Waals surface area (Å²) in [5, 5.41) is 1.58. The highest BCUT2D eigenvalue weighted by Gasteiger charge is 2.07. The molecule has 4 N–H and O–H groups in total. The van der Waals surface area contributed by atoms with Crippen molar-refractivity contribution in [2.45, 2.75) is 0 Å². The Bertz CT molecular complexity index is 716. The topological polar surface area (TPSA) is 64.9 Å². The van der Waals surface area contributed by atoms with E-state index in [4.69, 9.17) is 23.1 Å². The second-order valence-corrected chi connectivity index (χ2v) is 5.49. The maximum absolute atomic E-state index is 5.95. The van der Waals surface area contributed by atoms with Gasteiger partial charge in [0.05, 0.1) is 10.2 Å². The predicted molar refractivity (Wildman–Crippen MR) is 78.9 cm³/mol. The quantitative estimate of drug-likeness (QED) is 0.664. The van der Waals surface area contributed by atoms with E-state index in [-0.39, 0.29) is 0 Å². The molecule has 0 atom stereocenters. The predicted octanol–water partition coefficient (Wildman–Crippen LogP) is 3.78. The molecule has 0 unspecified atom stereocenters. The van der Waals surface area contributed by atoms with Crippen molar-refractivity contribution < 1.29 is 0 Å². The van der Waals surface area contributed by atoms with Gasteiger partial charge in [0.2, 0.25) is 0 Å². The van der Waals surface area contributed by atoms with Crippen LogP contribution in [0.15, 0.2) is 36.4 Å². The van der Waals surface area contributed by atoms with Crippen LogP contribution in [0.25, 0.3) is 20.8 Å². The van der Waals surface area contributed by atoms with Gasteiger partial charge >= 0.3 is 0 Å². The molecule has 18 heavy (non-hydrogen) atoms. The van der Waals surface area contributed by atoms with Crippen molar-refractivity contribution in [2.75, 3.05) is 11.5 Å². The highest BCUT2D eigenvalue weighted by molar-refractivity contribution is 7.21. The number of nitrogens with two attached hydrogens (primary N) is 2. The molecule has 0 saturated carbocycles. The van der Waals surface area contributed by atoms with Crippen molar-refractivity contribution in [3.05, 3.63) is 41.4 Å². The number of thiazole rings is 1. The average molecular weight is 276 g/mol. The number of aromatic nitrogens is 1. The van der Waals surface area contributed by atoms with Crippen LogP contribution in [0.4, 0.5) is 11.4 Å². The largest absolute Gasteiger partial charge is 0.399 e. The third kappa shape index (κ3) is 2.00. The van der Waals surface area contributed by atoms with Crippen LogP contribution in [0.3, 0.4) is 0 Å². The first kappa shape index (κ1) is 11.3. The molecular weight excluding hydrogens is 266 g/mol. The molecule has 0 aliphatic carbocycles. The number of hydrogen-bond acceptors (Lipinski definition) is 4. The summed E-state index contributed by atoms with van der Waals surface area (Å²) < 4.78 is 1.09. The molecular formula is C13H10ClN3S. The lowest BCUT2D eigenvalue weighted by Gasteiger charge is -2.00. The Morgan fingerprint density at radius 1 is 1.00 bits per heavy atom. The molecule has 3 nitrogen and oxygen atoms in total. The molecule has 0 radical (unpaired) electrons. The normalized spacial score (nSPS) is 10.9. The van der Waals surface area contributed by atoms with Gasteiger partial charge in [0, 0.05) is 22.0 Å². The smallest absolute Gasteiger partial charge is 0.124 e. The summed E-state index contributed by atoms with van der Waals surface area (Å²) in [5.74, 6) is 0. The SMILES string of the molecule is Nc1cc(N)cc(-c2nc3cc(Cl)ccc3s2)c1. The molecule has 0 aliphatic heterocycles. The van der Waals surface area contributed by atoms with E-state index >= 15 is 0 Å². The Morgan fingerprint density at radius 3 is 2.44 bits per heavy atom. The standard InChI is InChI=1S/C13H10ClN3S/c14-8-1-2-12-11(5-8)17-13(18-12)7-3-9(15)6-10(16)4-7/h1-6H,15-16H2. The van der Waals surface area contributed by atoms with E-state index in [1.807, 2.05) is 30.3 Å². The van der Waals surface area contributed by atoms with Crippen LogP contribution in [0.1, 0.15) is 0 Å². The van der Waals surface area contributed by atoms with E-state index in [2.05, 4.69) is 4.98 Å². The minimum absolute atomic E-state index is 0.641. The number of nitrogen functional groups attached to an aromatic ring is 2. The Kier molecular flexibility index (Phi) is 2.61. The lowest BCUT2D eigenvalue weighted by atomic mass is 10.2. The fraction of sp³-hybridized carbons (Fsp3) is 0. The molecule has 0 aliphatic rings. The Hall–Kier alpha value is -1.78. The van der Waals surface area contributed by atoms with Gasteiger partial charge in [-0.2, -0.15) is 0 Å². The van der Waals surface area contributed by atoms with Gasteiger partial charge in [-0.3, -0.25) is 0 Å². The molecule has 3 rings (SSSR count). The summed E-state index contributed by atoms with van der Waals surface area (Å²) in [7, 11) is 0. The third-order valence-corrected chi connectivity index (χ3v) is 3.89. The molecule has 0 bridgehead atoms. The van der Waals surface area contributed by atoms with Crippen LogP contribution in [-0.4, -0.2) is 4.98 Å². The highest BCUT2D eigenvalue weighted by atomic mass is 35.5. The van der Waals surface area contributed by atoms with E-state index in [9.17, 15) is 0 Å². The minimum Gasteiger partial charge on any atom is -0.399 e. The van der Waals surface area contributed by atoms with Crippen molar-refractivity contribution in [3.8, 4) is 10.6 Å². The third-order valence-electron chi connectivity index (χ3n) is 2.57. The average Bonchev–Trinajstić information content (AvgIpc) is 2.70. The lowest BCUT2D eigenvalue weighted by Crippen LogP contribution is -1.90. The maximum atomic E-state index is 5.95. The van der Waals surface area contributed by atoms with Crippen molar-refractivity contribution >= 4 is 44.5 Å². The number of halogens is 1. The van der Waals surface area contributed by atoms with Gasteiger partial charge in [-0.15, -0.1) is 11.3 Å². The van der Waals surface area contributed by atoms with Crippen molar-refractivity contribution in [2.24, 2.45) is 0 Å². The second kappa shape index (κ2) is 4.15. The molecule has 0 saturated heterocycles. The summed E-state index contributed by atoms with van der Waals surface area (Å²) in [4.78, 5) is 4.55. The number of rotatable bonds is 1. The zero-order valence-corrected chi connectivity index (χ0v) is 10.9. The van der Waals surface area contributed by atoms with Gasteiger partial charge in [0.25, 0.3) is 0 Å². The van der Waals surface area contributed by atoms with Crippen LogP contribution in [0.5, 0.6) is 0 Å². The molecule has 0 amide bonds. The van der Waals surface area contributed by atoms with Crippen molar-refractivity contribution in [1.29, 1.82) is 0 Å². The molecule has 5 heteroatoms. The summed E-state index contributed by atoms with van der Waals surface area (Å²) in [6, 6.07) is 11.2. The van der Waals surface area contributed by atoms with E-state index in [1.54, 1.807) is 17.4 Å². The molecule has 0 spiro atoms. The Balaban J connectivity index is 2.19. The highest BCUT2D eigenvalue weighted by Crippen LogP contribution is 2.33. The van der Waals surface area contributed by atoms with Crippen LogP contribution in [-0.2, 0) is 0 Å². The summed E-state index contributed by atoms with van der Waals surface area (Å²) in [6.45, 7) is 0. The first-order valence-corrected chi connectivity index (χ1v) is 6.54. The molecule has 1 aromatic heterocycles. The maximum Gasteiger partial charge on any atom is 0.124 e. The van der Waals surface area contributed by atoms with Crippen LogP contribution < -0.4 is 11.5 Å². The Morgan fingerprint density at radius 2 is 1.72 bits per heavy atom. The summed E-state index contributed by atoms with van der Waals surface area (Å²) in [5.41, 5.74) is 14.7. The summed E-state index contributed by atoms with van der Waals surface area (Å²) >= 11 is 7.54.